The predicted molar refractivity (Wildman–Crippen MR) is 83.8 cm³/mol. The summed E-state index contributed by atoms with van der Waals surface area (Å²) in [5, 5.41) is 25.0. The molecule has 116 valence electrons. The highest BCUT2D eigenvalue weighted by Gasteiger charge is 2.36. The summed E-state index contributed by atoms with van der Waals surface area (Å²) in [6.45, 7) is 4.69. The Bertz CT molecular complexity index is 536. The molecule has 1 aromatic rings. The Balaban J connectivity index is 2.06. The molecule has 0 heterocycles. The largest absolute Gasteiger partial charge is 0.388 e. The number of hydrogen-bond acceptors (Lipinski definition) is 4. The molecule has 0 aliphatic heterocycles. The first-order chi connectivity index (χ1) is 9.71. The van der Waals surface area contributed by atoms with Gasteiger partial charge in [-0.1, -0.05) is 25.4 Å². The van der Waals surface area contributed by atoms with Crippen molar-refractivity contribution < 1.29 is 10.0 Å². The quantitative estimate of drug-likeness (QED) is 0.651. The number of halogens is 1. The number of hydrogen-bond donors (Lipinski definition) is 2. The van der Waals surface area contributed by atoms with Crippen molar-refractivity contribution in [3.63, 3.8) is 0 Å². The van der Waals surface area contributed by atoms with Gasteiger partial charge in [0.1, 0.15) is 5.69 Å². The molecule has 1 aliphatic carbocycles. The van der Waals surface area contributed by atoms with Gasteiger partial charge in [-0.15, -0.1) is 0 Å². The third-order valence-electron chi connectivity index (χ3n) is 4.30. The monoisotopic (exact) mass is 312 g/mol. The average molecular weight is 313 g/mol. The zero-order valence-corrected chi connectivity index (χ0v) is 13.1. The molecule has 1 fully saturated rings. The van der Waals surface area contributed by atoms with Crippen LogP contribution in [-0.4, -0.2) is 22.2 Å². The van der Waals surface area contributed by atoms with Gasteiger partial charge in [0, 0.05) is 17.6 Å². The van der Waals surface area contributed by atoms with Gasteiger partial charge in [-0.25, -0.2) is 0 Å². The van der Waals surface area contributed by atoms with Crippen LogP contribution in [0.2, 0.25) is 5.02 Å². The van der Waals surface area contributed by atoms with E-state index in [1.807, 2.05) is 0 Å². The van der Waals surface area contributed by atoms with Crippen molar-refractivity contribution in [2.24, 2.45) is 5.41 Å². The van der Waals surface area contributed by atoms with Gasteiger partial charge in [-0.2, -0.15) is 0 Å². The average Bonchev–Trinajstić information content (AvgIpc) is 2.40. The summed E-state index contributed by atoms with van der Waals surface area (Å²) in [5.74, 6) is 0. The molecular weight excluding hydrogens is 292 g/mol. The Labute approximate surface area is 129 Å². The highest BCUT2D eigenvalue weighted by molar-refractivity contribution is 6.31. The molecule has 0 atom stereocenters. The molecule has 0 unspecified atom stereocenters. The number of aliphatic hydroxyl groups is 1. The third-order valence-corrected chi connectivity index (χ3v) is 4.53. The number of nitrogens with zero attached hydrogens (tertiary/aromatic N) is 1. The van der Waals surface area contributed by atoms with Crippen molar-refractivity contribution in [2.75, 3.05) is 11.9 Å². The van der Waals surface area contributed by atoms with Crippen LogP contribution < -0.4 is 5.32 Å². The Morgan fingerprint density at radius 1 is 1.33 bits per heavy atom. The first kappa shape index (κ1) is 16.0. The molecule has 5 nitrogen and oxygen atoms in total. The first-order valence-corrected chi connectivity index (χ1v) is 7.49. The van der Waals surface area contributed by atoms with Crippen LogP contribution in [-0.2, 0) is 0 Å². The maximum absolute atomic E-state index is 11.0. The summed E-state index contributed by atoms with van der Waals surface area (Å²) in [6.07, 6.45) is 3.29. The van der Waals surface area contributed by atoms with Crippen molar-refractivity contribution in [3.8, 4) is 0 Å². The number of anilines is 1. The van der Waals surface area contributed by atoms with E-state index in [1.165, 1.54) is 18.2 Å². The second kappa shape index (κ2) is 5.81. The molecule has 0 spiro atoms. The van der Waals surface area contributed by atoms with Gasteiger partial charge in [0.2, 0.25) is 0 Å². The molecule has 1 aromatic carbocycles. The lowest BCUT2D eigenvalue weighted by molar-refractivity contribution is -0.384. The summed E-state index contributed by atoms with van der Waals surface area (Å²) in [6, 6.07) is 4.39. The van der Waals surface area contributed by atoms with Crippen LogP contribution in [0.3, 0.4) is 0 Å². The van der Waals surface area contributed by atoms with E-state index in [9.17, 15) is 15.2 Å². The summed E-state index contributed by atoms with van der Waals surface area (Å²) >= 11 is 5.89. The van der Waals surface area contributed by atoms with E-state index >= 15 is 0 Å². The Kier molecular flexibility index (Phi) is 4.44. The van der Waals surface area contributed by atoms with Crippen LogP contribution in [0.15, 0.2) is 18.2 Å². The van der Waals surface area contributed by atoms with E-state index in [1.54, 1.807) is 0 Å². The van der Waals surface area contributed by atoms with Crippen molar-refractivity contribution in [1.82, 2.24) is 0 Å². The molecule has 1 saturated carbocycles. The predicted octanol–water partition coefficient (Wildman–Crippen LogP) is 3.99. The van der Waals surface area contributed by atoms with Crippen LogP contribution in [0.4, 0.5) is 11.4 Å². The lowest BCUT2D eigenvalue weighted by atomic mass is 9.71. The molecule has 0 amide bonds. The fourth-order valence-electron chi connectivity index (χ4n) is 2.64. The zero-order valence-electron chi connectivity index (χ0n) is 12.4. The lowest BCUT2D eigenvalue weighted by Gasteiger charge is -2.40. The fraction of sp³-hybridized carbons (Fsp3) is 0.600. The second-order valence-corrected chi connectivity index (χ2v) is 7.10. The van der Waals surface area contributed by atoms with Gasteiger partial charge >= 0.3 is 0 Å². The second-order valence-electron chi connectivity index (χ2n) is 6.66. The molecule has 0 saturated heterocycles. The van der Waals surface area contributed by atoms with Crippen LogP contribution in [0.25, 0.3) is 0 Å². The Morgan fingerprint density at radius 3 is 2.52 bits per heavy atom. The van der Waals surface area contributed by atoms with Gasteiger partial charge in [-0.3, -0.25) is 10.1 Å². The molecule has 6 heteroatoms. The summed E-state index contributed by atoms with van der Waals surface area (Å²) in [7, 11) is 0. The molecule has 0 bridgehead atoms. The molecule has 2 N–H and O–H groups in total. The minimum absolute atomic E-state index is 0.0286. The standard InChI is InChI=1S/C15H21ClN2O3/c1-14(2)5-7-15(19,8-6-14)10-17-12-9-11(16)3-4-13(12)18(20)21/h3-4,9,17,19H,5-8,10H2,1-2H3. The van der Waals surface area contributed by atoms with Crippen molar-refractivity contribution in [3.05, 3.63) is 33.3 Å². The first-order valence-electron chi connectivity index (χ1n) is 7.11. The van der Waals surface area contributed by atoms with Gasteiger partial charge in [0.05, 0.1) is 10.5 Å². The van der Waals surface area contributed by atoms with Gasteiger partial charge in [0.15, 0.2) is 0 Å². The Morgan fingerprint density at radius 2 is 1.95 bits per heavy atom. The molecular formula is C15H21ClN2O3. The SMILES string of the molecule is CC1(C)CCC(O)(CNc2cc(Cl)ccc2[N+](=O)[O-])CC1. The molecule has 1 aliphatic rings. The van der Waals surface area contributed by atoms with E-state index in [-0.39, 0.29) is 11.1 Å². The number of benzene rings is 1. The van der Waals surface area contributed by atoms with Crippen LogP contribution >= 0.6 is 11.6 Å². The van der Waals surface area contributed by atoms with Crippen molar-refractivity contribution >= 4 is 23.0 Å². The van der Waals surface area contributed by atoms with Crippen LogP contribution in [0, 0.1) is 15.5 Å². The summed E-state index contributed by atoms with van der Waals surface area (Å²) in [5.41, 5.74) is -0.232. The molecule has 0 aromatic heterocycles. The highest BCUT2D eigenvalue weighted by Crippen LogP contribution is 2.40. The van der Waals surface area contributed by atoms with Crippen LogP contribution in [0.5, 0.6) is 0 Å². The van der Waals surface area contributed by atoms with Gasteiger partial charge < -0.3 is 10.4 Å². The van der Waals surface area contributed by atoms with Gasteiger partial charge in [0.25, 0.3) is 5.69 Å². The summed E-state index contributed by atoms with van der Waals surface area (Å²) in [4.78, 5) is 10.6. The number of nitrogens with one attached hydrogen (secondary N) is 1. The molecule has 21 heavy (non-hydrogen) atoms. The number of nitro groups is 1. The van der Waals surface area contributed by atoms with Gasteiger partial charge in [-0.05, 0) is 43.2 Å². The maximum atomic E-state index is 11.0. The smallest absolute Gasteiger partial charge is 0.292 e. The fourth-order valence-corrected chi connectivity index (χ4v) is 2.81. The van der Waals surface area contributed by atoms with E-state index < -0.39 is 10.5 Å². The van der Waals surface area contributed by atoms with Crippen molar-refractivity contribution in [1.29, 1.82) is 0 Å². The van der Waals surface area contributed by atoms with Crippen LogP contribution in [0.1, 0.15) is 39.5 Å². The van der Waals surface area contributed by atoms with E-state index in [0.29, 0.717) is 30.1 Å². The highest BCUT2D eigenvalue weighted by atomic mass is 35.5. The normalized spacial score (nSPS) is 20.0. The lowest BCUT2D eigenvalue weighted by Crippen LogP contribution is -2.42. The Hall–Kier alpha value is -1.33. The topological polar surface area (TPSA) is 75.4 Å². The van der Waals surface area contributed by atoms with E-state index in [0.717, 1.165) is 12.8 Å². The van der Waals surface area contributed by atoms with Crippen molar-refractivity contribution in [2.45, 2.75) is 45.1 Å². The molecule has 0 radical (unpaired) electrons. The molecule has 2 rings (SSSR count). The maximum Gasteiger partial charge on any atom is 0.292 e. The zero-order chi connectivity index (χ0) is 15.7. The third kappa shape index (κ3) is 4.08. The minimum atomic E-state index is -0.814. The minimum Gasteiger partial charge on any atom is -0.388 e. The van der Waals surface area contributed by atoms with E-state index in [2.05, 4.69) is 19.2 Å². The summed E-state index contributed by atoms with van der Waals surface area (Å²) < 4.78 is 0. The number of rotatable bonds is 4. The number of nitro benzene ring substituents is 1. The van der Waals surface area contributed by atoms with E-state index in [4.69, 9.17) is 11.6 Å².